The number of carbonyl (C=O) groups excluding carboxylic acids is 1. The van der Waals surface area contributed by atoms with Crippen LogP contribution in [0.5, 0.6) is 0 Å². The second kappa shape index (κ2) is 4.69. The van der Waals surface area contributed by atoms with Gasteiger partial charge in [0.25, 0.3) is 0 Å². The number of rotatable bonds is 1. The van der Waals surface area contributed by atoms with Crippen LogP contribution in [0.3, 0.4) is 0 Å². The van der Waals surface area contributed by atoms with Crippen LogP contribution in [0.1, 0.15) is 12.8 Å². The Morgan fingerprint density at radius 2 is 1.89 bits per heavy atom. The summed E-state index contributed by atoms with van der Waals surface area (Å²) in [5, 5.41) is 2.31. The number of piperidine rings is 1. The molecule has 0 amide bonds. The molecule has 0 saturated carbocycles. The van der Waals surface area contributed by atoms with Crippen molar-refractivity contribution in [3.63, 3.8) is 0 Å². The highest BCUT2D eigenvalue weighted by Gasteiger charge is 2.19. The first-order valence-electron chi connectivity index (χ1n) is 6.05. The predicted octanol–water partition coefficient (Wildman–Crippen LogP) is 3.17. The largest absolute Gasteiger partial charge is 0.355 e. The SMILES string of the molecule is O=C1CCN(c2nccc3c(Br)cccc23)CC1. The molecular formula is C14H13BrN2O. The van der Waals surface area contributed by atoms with E-state index in [0.29, 0.717) is 18.6 Å². The predicted molar refractivity (Wildman–Crippen MR) is 75.9 cm³/mol. The van der Waals surface area contributed by atoms with Gasteiger partial charge in [-0.3, -0.25) is 4.79 Å². The molecule has 4 heteroatoms. The van der Waals surface area contributed by atoms with Gasteiger partial charge in [-0.15, -0.1) is 0 Å². The van der Waals surface area contributed by atoms with Gasteiger partial charge in [0.15, 0.2) is 0 Å². The van der Waals surface area contributed by atoms with Gasteiger partial charge in [0.2, 0.25) is 0 Å². The zero-order valence-corrected chi connectivity index (χ0v) is 11.5. The summed E-state index contributed by atoms with van der Waals surface area (Å²) < 4.78 is 1.08. The van der Waals surface area contributed by atoms with Crippen LogP contribution in [0.2, 0.25) is 0 Å². The average Bonchev–Trinajstić information content (AvgIpc) is 2.40. The highest BCUT2D eigenvalue weighted by atomic mass is 79.9. The summed E-state index contributed by atoms with van der Waals surface area (Å²) in [5.41, 5.74) is 0. The Morgan fingerprint density at radius 1 is 1.11 bits per heavy atom. The summed E-state index contributed by atoms with van der Waals surface area (Å²) in [5.74, 6) is 1.34. The topological polar surface area (TPSA) is 33.2 Å². The number of hydrogen-bond acceptors (Lipinski definition) is 3. The molecule has 0 spiro atoms. The lowest BCUT2D eigenvalue weighted by atomic mass is 10.1. The minimum absolute atomic E-state index is 0.354. The second-order valence-electron chi connectivity index (χ2n) is 4.50. The number of halogens is 1. The van der Waals surface area contributed by atoms with Crippen LogP contribution in [0, 0.1) is 0 Å². The molecule has 0 unspecified atom stereocenters. The number of benzene rings is 1. The Kier molecular flexibility index (Phi) is 3.04. The fourth-order valence-corrected chi connectivity index (χ4v) is 2.87. The van der Waals surface area contributed by atoms with E-state index in [2.05, 4.69) is 31.9 Å². The minimum atomic E-state index is 0.354. The number of carbonyl (C=O) groups is 1. The molecular weight excluding hydrogens is 292 g/mol. The van der Waals surface area contributed by atoms with Crippen LogP contribution in [-0.2, 0) is 4.79 Å². The normalized spacial score (nSPS) is 16.3. The van der Waals surface area contributed by atoms with Crippen molar-refractivity contribution in [3.05, 3.63) is 34.9 Å². The summed E-state index contributed by atoms with van der Waals surface area (Å²) in [6.07, 6.45) is 3.09. The lowest BCUT2D eigenvalue weighted by Gasteiger charge is -2.28. The molecule has 2 aromatic rings. The first-order chi connectivity index (χ1) is 8.75. The highest BCUT2D eigenvalue weighted by Crippen LogP contribution is 2.30. The van der Waals surface area contributed by atoms with E-state index in [4.69, 9.17) is 0 Å². The number of Topliss-reactive ketones (excluding diaryl/α,β-unsaturated/α-hetero) is 1. The molecule has 1 aliphatic rings. The summed E-state index contributed by atoms with van der Waals surface area (Å²) in [4.78, 5) is 18.0. The maximum Gasteiger partial charge on any atom is 0.136 e. The molecule has 3 rings (SSSR count). The molecule has 0 bridgehead atoms. The van der Waals surface area contributed by atoms with Gasteiger partial charge in [-0.25, -0.2) is 4.98 Å². The van der Waals surface area contributed by atoms with E-state index in [1.54, 1.807) is 0 Å². The molecule has 1 aliphatic heterocycles. The van der Waals surface area contributed by atoms with E-state index in [-0.39, 0.29) is 0 Å². The number of aromatic nitrogens is 1. The molecule has 0 atom stereocenters. The van der Waals surface area contributed by atoms with Crippen LogP contribution < -0.4 is 4.90 Å². The summed E-state index contributed by atoms with van der Waals surface area (Å²) in [6, 6.07) is 8.15. The van der Waals surface area contributed by atoms with Gasteiger partial charge in [0.05, 0.1) is 0 Å². The number of anilines is 1. The van der Waals surface area contributed by atoms with E-state index in [1.165, 1.54) is 5.39 Å². The third kappa shape index (κ3) is 2.01. The van der Waals surface area contributed by atoms with Crippen LogP contribution in [0.25, 0.3) is 10.8 Å². The first-order valence-corrected chi connectivity index (χ1v) is 6.85. The van der Waals surface area contributed by atoms with Gasteiger partial charge in [-0.1, -0.05) is 28.1 Å². The van der Waals surface area contributed by atoms with Crippen molar-refractivity contribution in [1.29, 1.82) is 0 Å². The molecule has 18 heavy (non-hydrogen) atoms. The lowest BCUT2D eigenvalue weighted by Crippen LogP contribution is -2.34. The average molecular weight is 305 g/mol. The standard InChI is InChI=1S/C14H13BrN2O/c15-13-3-1-2-12-11(13)4-7-16-14(12)17-8-5-10(18)6-9-17/h1-4,7H,5-6,8-9H2. The molecule has 3 nitrogen and oxygen atoms in total. The van der Waals surface area contributed by atoms with E-state index in [9.17, 15) is 4.79 Å². The van der Waals surface area contributed by atoms with Gasteiger partial charge in [-0.05, 0) is 12.1 Å². The molecule has 0 aliphatic carbocycles. The Labute approximate surface area is 114 Å². The maximum atomic E-state index is 11.3. The third-order valence-electron chi connectivity index (χ3n) is 3.35. The maximum absolute atomic E-state index is 11.3. The van der Waals surface area contributed by atoms with Crippen LogP contribution in [0.15, 0.2) is 34.9 Å². The second-order valence-corrected chi connectivity index (χ2v) is 5.35. The molecule has 1 fully saturated rings. The quantitative estimate of drug-likeness (QED) is 0.811. The summed E-state index contributed by atoms with van der Waals surface area (Å²) >= 11 is 3.56. The van der Waals surface area contributed by atoms with Crippen LogP contribution in [-0.4, -0.2) is 23.9 Å². The van der Waals surface area contributed by atoms with Crippen molar-refractivity contribution < 1.29 is 4.79 Å². The Morgan fingerprint density at radius 3 is 2.67 bits per heavy atom. The fourth-order valence-electron chi connectivity index (χ4n) is 2.37. The minimum Gasteiger partial charge on any atom is -0.355 e. The molecule has 92 valence electrons. The zero-order valence-electron chi connectivity index (χ0n) is 9.90. The van der Waals surface area contributed by atoms with Gasteiger partial charge < -0.3 is 4.90 Å². The molecule has 0 N–H and O–H groups in total. The number of fused-ring (bicyclic) bond motifs is 1. The number of hydrogen-bond donors (Lipinski definition) is 0. The van der Waals surface area contributed by atoms with Crippen LogP contribution in [0.4, 0.5) is 5.82 Å². The van der Waals surface area contributed by atoms with Crippen molar-refractivity contribution in [2.45, 2.75) is 12.8 Å². The van der Waals surface area contributed by atoms with E-state index in [0.717, 1.165) is 28.8 Å². The molecule has 0 radical (unpaired) electrons. The fraction of sp³-hybridized carbons (Fsp3) is 0.286. The van der Waals surface area contributed by atoms with Gasteiger partial charge >= 0.3 is 0 Å². The molecule has 1 aromatic carbocycles. The van der Waals surface area contributed by atoms with E-state index < -0.39 is 0 Å². The van der Waals surface area contributed by atoms with E-state index >= 15 is 0 Å². The summed E-state index contributed by atoms with van der Waals surface area (Å²) in [6.45, 7) is 1.55. The Hall–Kier alpha value is -1.42. The van der Waals surface area contributed by atoms with Crippen molar-refractivity contribution in [2.24, 2.45) is 0 Å². The first kappa shape index (κ1) is 11.7. The lowest BCUT2D eigenvalue weighted by molar-refractivity contribution is -0.119. The van der Waals surface area contributed by atoms with Gasteiger partial charge in [-0.2, -0.15) is 0 Å². The van der Waals surface area contributed by atoms with Crippen molar-refractivity contribution in [3.8, 4) is 0 Å². The third-order valence-corrected chi connectivity index (χ3v) is 4.04. The van der Waals surface area contributed by atoms with Gasteiger partial charge in [0.1, 0.15) is 11.6 Å². The van der Waals surface area contributed by atoms with Crippen molar-refractivity contribution in [1.82, 2.24) is 4.98 Å². The highest BCUT2D eigenvalue weighted by molar-refractivity contribution is 9.10. The molecule has 1 aromatic heterocycles. The Bertz CT molecular complexity index is 602. The molecule has 2 heterocycles. The number of nitrogens with zero attached hydrogens (tertiary/aromatic N) is 2. The van der Waals surface area contributed by atoms with Crippen molar-refractivity contribution >= 4 is 38.3 Å². The summed E-state index contributed by atoms with van der Waals surface area (Å²) in [7, 11) is 0. The number of pyridine rings is 1. The number of ketones is 1. The Balaban J connectivity index is 2.07. The van der Waals surface area contributed by atoms with Crippen LogP contribution >= 0.6 is 15.9 Å². The monoisotopic (exact) mass is 304 g/mol. The molecule has 1 saturated heterocycles. The van der Waals surface area contributed by atoms with E-state index in [1.807, 2.05) is 24.4 Å². The van der Waals surface area contributed by atoms with Gasteiger partial charge in [0, 0.05) is 47.4 Å². The zero-order chi connectivity index (χ0) is 12.5. The van der Waals surface area contributed by atoms with Crippen molar-refractivity contribution in [2.75, 3.05) is 18.0 Å². The smallest absolute Gasteiger partial charge is 0.136 e.